The number of nitrogens with one attached hydrogen (secondary N) is 1. The quantitative estimate of drug-likeness (QED) is 0.734. The van der Waals surface area contributed by atoms with Crippen LogP contribution in [0.15, 0.2) is 34.8 Å². The first-order chi connectivity index (χ1) is 8.82. The van der Waals surface area contributed by atoms with E-state index < -0.39 is 0 Å². The third kappa shape index (κ3) is 4.73. The van der Waals surface area contributed by atoms with Gasteiger partial charge in [0.05, 0.1) is 4.47 Å². The molecule has 0 aromatic heterocycles. The van der Waals surface area contributed by atoms with Crippen molar-refractivity contribution < 1.29 is 4.39 Å². The van der Waals surface area contributed by atoms with Crippen molar-refractivity contribution >= 4 is 15.9 Å². The molecule has 0 saturated heterocycles. The molecular formula is C16H23BrFN. The lowest BCUT2D eigenvalue weighted by atomic mass is 9.85. The second-order valence-electron chi connectivity index (χ2n) is 5.52. The normalized spacial score (nSPS) is 13.1. The van der Waals surface area contributed by atoms with Crippen molar-refractivity contribution in [3.05, 3.63) is 46.2 Å². The maximum Gasteiger partial charge on any atom is 0.137 e. The van der Waals surface area contributed by atoms with Gasteiger partial charge in [-0.2, -0.15) is 0 Å². The van der Waals surface area contributed by atoms with Gasteiger partial charge in [-0.3, -0.25) is 0 Å². The Kier molecular flexibility index (Phi) is 6.21. The van der Waals surface area contributed by atoms with Gasteiger partial charge in [0.15, 0.2) is 0 Å². The predicted molar refractivity (Wildman–Crippen MR) is 84.0 cm³/mol. The molecular weight excluding hydrogens is 305 g/mol. The van der Waals surface area contributed by atoms with Crippen molar-refractivity contribution in [3.8, 4) is 0 Å². The van der Waals surface area contributed by atoms with Crippen LogP contribution in [0.4, 0.5) is 4.39 Å². The fourth-order valence-electron chi connectivity index (χ4n) is 1.95. The molecule has 0 bridgehead atoms. The lowest BCUT2D eigenvalue weighted by Gasteiger charge is -2.24. The number of hydrogen-bond donors (Lipinski definition) is 1. The van der Waals surface area contributed by atoms with Gasteiger partial charge >= 0.3 is 0 Å². The van der Waals surface area contributed by atoms with E-state index in [1.165, 1.54) is 0 Å². The van der Waals surface area contributed by atoms with Crippen LogP contribution in [0.1, 0.15) is 39.2 Å². The van der Waals surface area contributed by atoms with E-state index in [4.69, 9.17) is 0 Å². The van der Waals surface area contributed by atoms with Crippen LogP contribution in [0.3, 0.4) is 0 Å². The van der Waals surface area contributed by atoms with E-state index in [1.807, 2.05) is 6.07 Å². The Morgan fingerprint density at radius 2 is 1.95 bits per heavy atom. The number of rotatable bonds is 6. The zero-order valence-corrected chi connectivity index (χ0v) is 13.7. The Labute approximate surface area is 124 Å². The SMILES string of the molecule is C=C(C(C)C)C(CNC(C)C)c1ccc(Br)c(F)c1. The third-order valence-electron chi connectivity index (χ3n) is 3.27. The van der Waals surface area contributed by atoms with Gasteiger partial charge in [0.25, 0.3) is 0 Å². The summed E-state index contributed by atoms with van der Waals surface area (Å²) < 4.78 is 14.2. The van der Waals surface area contributed by atoms with Gasteiger partial charge < -0.3 is 5.32 Å². The summed E-state index contributed by atoms with van der Waals surface area (Å²) in [6.07, 6.45) is 0. The fraction of sp³-hybridized carbons (Fsp3) is 0.500. The average molecular weight is 328 g/mol. The van der Waals surface area contributed by atoms with E-state index in [1.54, 1.807) is 12.1 Å². The largest absolute Gasteiger partial charge is 0.314 e. The number of hydrogen-bond acceptors (Lipinski definition) is 1. The van der Waals surface area contributed by atoms with Gasteiger partial charge in [0.2, 0.25) is 0 Å². The first kappa shape index (κ1) is 16.4. The van der Waals surface area contributed by atoms with Crippen molar-refractivity contribution in [1.82, 2.24) is 5.32 Å². The summed E-state index contributed by atoms with van der Waals surface area (Å²) in [5.41, 5.74) is 2.11. The van der Waals surface area contributed by atoms with E-state index >= 15 is 0 Å². The summed E-state index contributed by atoms with van der Waals surface area (Å²) in [5.74, 6) is 0.305. The van der Waals surface area contributed by atoms with Crippen LogP contribution in [0.5, 0.6) is 0 Å². The summed E-state index contributed by atoms with van der Waals surface area (Å²) in [7, 11) is 0. The maximum absolute atomic E-state index is 13.7. The monoisotopic (exact) mass is 327 g/mol. The van der Waals surface area contributed by atoms with E-state index in [-0.39, 0.29) is 11.7 Å². The molecule has 3 heteroatoms. The van der Waals surface area contributed by atoms with Gasteiger partial charge in [-0.1, -0.05) is 45.9 Å². The molecule has 0 spiro atoms. The lowest BCUT2D eigenvalue weighted by Crippen LogP contribution is -2.29. The van der Waals surface area contributed by atoms with Gasteiger partial charge in [0.1, 0.15) is 5.82 Å². The molecule has 1 rings (SSSR count). The van der Waals surface area contributed by atoms with Gasteiger partial charge in [-0.15, -0.1) is 0 Å². The summed E-state index contributed by atoms with van der Waals surface area (Å²) in [6.45, 7) is 13.4. The summed E-state index contributed by atoms with van der Waals surface area (Å²) in [4.78, 5) is 0. The molecule has 1 unspecified atom stereocenters. The maximum atomic E-state index is 13.7. The smallest absolute Gasteiger partial charge is 0.137 e. The highest BCUT2D eigenvalue weighted by Crippen LogP contribution is 2.30. The van der Waals surface area contributed by atoms with Crippen LogP contribution in [-0.4, -0.2) is 12.6 Å². The molecule has 106 valence electrons. The lowest BCUT2D eigenvalue weighted by molar-refractivity contribution is 0.532. The van der Waals surface area contributed by atoms with E-state index in [0.717, 1.165) is 17.7 Å². The molecule has 1 aromatic carbocycles. The minimum atomic E-state index is -0.219. The molecule has 0 saturated carbocycles. The standard InChI is InChI=1S/C16H23BrFN/c1-10(2)12(5)14(9-19-11(3)4)13-6-7-15(17)16(18)8-13/h6-8,10-11,14,19H,5,9H2,1-4H3. The molecule has 1 atom stereocenters. The molecule has 19 heavy (non-hydrogen) atoms. The fourth-order valence-corrected chi connectivity index (χ4v) is 2.19. The molecule has 0 heterocycles. The van der Waals surface area contributed by atoms with E-state index in [2.05, 4.69) is 55.5 Å². The van der Waals surface area contributed by atoms with Crippen molar-refractivity contribution in [2.24, 2.45) is 5.92 Å². The second kappa shape index (κ2) is 7.20. The van der Waals surface area contributed by atoms with Crippen LogP contribution in [0, 0.1) is 11.7 Å². The summed E-state index contributed by atoms with van der Waals surface area (Å²) in [6, 6.07) is 5.74. The Morgan fingerprint density at radius 3 is 2.42 bits per heavy atom. The molecule has 0 amide bonds. The predicted octanol–water partition coefficient (Wildman–Crippen LogP) is 4.88. The Balaban J connectivity index is 3.00. The number of benzene rings is 1. The average Bonchev–Trinajstić information content (AvgIpc) is 2.33. The molecule has 1 N–H and O–H groups in total. The van der Waals surface area contributed by atoms with Crippen molar-refractivity contribution in [2.75, 3.05) is 6.54 Å². The van der Waals surface area contributed by atoms with Crippen molar-refractivity contribution in [2.45, 2.75) is 39.7 Å². The molecule has 0 aliphatic rings. The van der Waals surface area contributed by atoms with Crippen LogP contribution >= 0.6 is 15.9 Å². The van der Waals surface area contributed by atoms with Gasteiger partial charge in [0, 0.05) is 18.5 Å². The first-order valence-corrected chi connectivity index (χ1v) is 7.49. The highest BCUT2D eigenvalue weighted by Gasteiger charge is 2.19. The molecule has 0 aliphatic heterocycles. The van der Waals surface area contributed by atoms with Gasteiger partial charge in [-0.05, 0) is 39.5 Å². The van der Waals surface area contributed by atoms with Crippen LogP contribution in [-0.2, 0) is 0 Å². The van der Waals surface area contributed by atoms with Crippen LogP contribution in [0.25, 0.3) is 0 Å². The minimum absolute atomic E-state index is 0.144. The number of halogens is 2. The van der Waals surface area contributed by atoms with Crippen LogP contribution < -0.4 is 5.32 Å². The molecule has 0 radical (unpaired) electrons. The van der Waals surface area contributed by atoms with Crippen molar-refractivity contribution in [1.29, 1.82) is 0 Å². The molecule has 1 nitrogen and oxygen atoms in total. The Hall–Kier alpha value is -0.670. The zero-order chi connectivity index (χ0) is 14.6. The topological polar surface area (TPSA) is 12.0 Å². The summed E-state index contributed by atoms with van der Waals surface area (Å²) >= 11 is 3.19. The minimum Gasteiger partial charge on any atom is -0.314 e. The third-order valence-corrected chi connectivity index (χ3v) is 3.91. The van der Waals surface area contributed by atoms with E-state index in [9.17, 15) is 4.39 Å². The Bertz CT molecular complexity index is 440. The highest BCUT2D eigenvalue weighted by molar-refractivity contribution is 9.10. The first-order valence-electron chi connectivity index (χ1n) is 6.70. The highest BCUT2D eigenvalue weighted by atomic mass is 79.9. The molecule has 0 aliphatic carbocycles. The van der Waals surface area contributed by atoms with Crippen LogP contribution in [0.2, 0.25) is 0 Å². The Morgan fingerprint density at radius 1 is 1.32 bits per heavy atom. The summed E-state index contributed by atoms with van der Waals surface area (Å²) in [5, 5.41) is 3.42. The van der Waals surface area contributed by atoms with E-state index in [0.29, 0.717) is 16.4 Å². The molecule has 0 fully saturated rings. The van der Waals surface area contributed by atoms with Gasteiger partial charge in [-0.25, -0.2) is 4.39 Å². The second-order valence-corrected chi connectivity index (χ2v) is 6.37. The zero-order valence-electron chi connectivity index (χ0n) is 12.1. The van der Waals surface area contributed by atoms with Crippen molar-refractivity contribution in [3.63, 3.8) is 0 Å². The molecule has 1 aromatic rings.